The van der Waals surface area contributed by atoms with Crippen molar-refractivity contribution >= 4 is 44.1 Å². The molecule has 1 aromatic heterocycles. The predicted octanol–water partition coefficient (Wildman–Crippen LogP) is 5.75. The second-order valence-corrected chi connectivity index (χ2v) is 8.57. The zero-order valence-electron chi connectivity index (χ0n) is 17.4. The molecule has 0 saturated carbocycles. The number of nitrogens with zero attached hydrogens (tertiary/aromatic N) is 2. The number of halogens is 1. The van der Waals surface area contributed by atoms with Crippen LogP contribution in [0.25, 0.3) is 22.2 Å². The monoisotopic (exact) mass is 487 g/mol. The average molecular weight is 488 g/mol. The van der Waals surface area contributed by atoms with E-state index in [1.54, 1.807) is 0 Å². The standard InChI is InChI=1S/C26H22BrN3O2/c27-19-11-9-18(10-12-19)24-17-21(20-5-1-2-6-22(20)28-24)26(31)29-23-7-3-4-8-25(23)30-13-15-32-16-14-30/h1-12,17H,13-16H2,(H,29,31). The molecule has 1 aliphatic rings. The van der Waals surface area contributed by atoms with Gasteiger partial charge in [-0.2, -0.15) is 0 Å². The molecule has 0 aliphatic carbocycles. The SMILES string of the molecule is O=C(Nc1ccccc1N1CCOCC1)c1cc(-c2ccc(Br)cc2)nc2ccccc12. The van der Waals surface area contributed by atoms with Gasteiger partial charge in [-0.15, -0.1) is 0 Å². The van der Waals surface area contributed by atoms with Gasteiger partial charge in [0.15, 0.2) is 0 Å². The van der Waals surface area contributed by atoms with Crippen molar-refractivity contribution in [3.05, 3.63) is 88.9 Å². The zero-order valence-corrected chi connectivity index (χ0v) is 19.0. The van der Waals surface area contributed by atoms with Crippen LogP contribution in [0.3, 0.4) is 0 Å². The normalized spacial score (nSPS) is 13.8. The summed E-state index contributed by atoms with van der Waals surface area (Å²) >= 11 is 3.48. The lowest BCUT2D eigenvalue weighted by atomic mass is 10.0. The molecule has 32 heavy (non-hydrogen) atoms. The summed E-state index contributed by atoms with van der Waals surface area (Å²) in [5.41, 5.74) is 4.93. The van der Waals surface area contributed by atoms with E-state index in [9.17, 15) is 4.79 Å². The summed E-state index contributed by atoms with van der Waals surface area (Å²) in [5.74, 6) is -0.150. The number of aromatic nitrogens is 1. The van der Waals surface area contributed by atoms with E-state index in [1.807, 2.05) is 78.9 Å². The Morgan fingerprint density at radius 1 is 0.938 bits per heavy atom. The minimum atomic E-state index is -0.150. The van der Waals surface area contributed by atoms with Crippen LogP contribution < -0.4 is 10.2 Å². The van der Waals surface area contributed by atoms with Crippen LogP contribution in [0.5, 0.6) is 0 Å². The lowest BCUT2D eigenvalue weighted by Crippen LogP contribution is -2.36. The molecule has 0 bridgehead atoms. The molecule has 1 fully saturated rings. The van der Waals surface area contributed by atoms with Gasteiger partial charge in [0.2, 0.25) is 0 Å². The van der Waals surface area contributed by atoms with E-state index in [0.717, 1.165) is 51.1 Å². The summed E-state index contributed by atoms with van der Waals surface area (Å²) in [4.78, 5) is 20.6. The fourth-order valence-corrected chi connectivity index (χ4v) is 4.25. The molecule has 1 N–H and O–H groups in total. The van der Waals surface area contributed by atoms with Crippen molar-refractivity contribution < 1.29 is 9.53 Å². The lowest BCUT2D eigenvalue weighted by Gasteiger charge is -2.30. The molecule has 160 valence electrons. The Labute approximate surface area is 195 Å². The predicted molar refractivity (Wildman–Crippen MR) is 132 cm³/mol. The minimum Gasteiger partial charge on any atom is -0.378 e. The Hall–Kier alpha value is -3.22. The van der Waals surface area contributed by atoms with Crippen molar-refractivity contribution in [2.45, 2.75) is 0 Å². The molecular formula is C26H22BrN3O2. The fourth-order valence-electron chi connectivity index (χ4n) is 3.98. The molecule has 0 atom stereocenters. The number of rotatable bonds is 4. The number of nitrogens with one attached hydrogen (secondary N) is 1. The third kappa shape index (κ3) is 4.24. The number of amides is 1. The van der Waals surface area contributed by atoms with E-state index in [2.05, 4.69) is 26.1 Å². The highest BCUT2D eigenvalue weighted by atomic mass is 79.9. The number of carbonyl (C=O) groups excluding carboxylic acids is 1. The van der Waals surface area contributed by atoms with E-state index < -0.39 is 0 Å². The highest BCUT2D eigenvalue weighted by Crippen LogP contribution is 2.30. The van der Waals surface area contributed by atoms with E-state index in [0.29, 0.717) is 18.8 Å². The van der Waals surface area contributed by atoms with Crippen LogP contribution >= 0.6 is 15.9 Å². The highest BCUT2D eigenvalue weighted by molar-refractivity contribution is 9.10. The van der Waals surface area contributed by atoms with Crippen LogP contribution in [0, 0.1) is 0 Å². The summed E-state index contributed by atoms with van der Waals surface area (Å²) in [5, 5.41) is 3.98. The van der Waals surface area contributed by atoms with Gasteiger partial charge in [0.25, 0.3) is 5.91 Å². The number of morpholine rings is 1. The first-order valence-electron chi connectivity index (χ1n) is 10.6. The molecule has 0 spiro atoms. The quantitative estimate of drug-likeness (QED) is 0.397. The number of benzene rings is 3. The Kier molecular flexibility index (Phi) is 5.88. The van der Waals surface area contributed by atoms with Crippen LogP contribution in [-0.2, 0) is 4.74 Å². The zero-order chi connectivity index (χ0) is 21.9. The molecule has 1 saturated heterocycles. The number of pyridine rings is 1. The second kappa shape index (κ2) is 9.10. The summed E-state index contributed by atoms with van der Waals surface area (Å²) < 4.78 is 6.48. The Balaban J connectivity index is 1.53. The van der Waals surface area contributed by atoms with Gasteiger partial charge in [-0.1, -0.05) is 58.4 Å². The molecule has 5 nitrogen and oxygen atoms in total. The third-order valence-corrected chi connectivity index (χ3v) is 6.13. The van der Waals surface area contributed by atoms with Gasteiger partial charge >= 0.3 is 0 Å². The maximum atomic E-state index is 13.5. The minimum absolute atomic E-state index is 0.150. The molecule has 3 aromatic carbocycles. The van der Waals surface area contributed by atoms with Crippen molar-refractivity contribution in [3.63, 3.8) is 0 Å². The molecular weight excluding hydrogens is 466 g/mol. The summed E-state index contributed by atoms with van der Waals surface area (Å²) in [7, 11) is 0. The van der Waals surface area contributed by atoms with Crippen molar-refractivity contribution in [3.8, 4) is 11.3 Å². The maximum absolute atomic E-state index is 13.5. The van der Waals surface area contributed by atoms with Gasteiger partial charge in [0.1, 0.15) is 0 Å². The summed E-state index contributed by atoms with van der Waals surface area (Å²) in [6, 6.07) is 25.5. The van der Waals surface area contributed by atoms with Crippen LogP contribution in [0.2, 0.25) is 0 Å². The van der Waals surface area contributed by atoms with Crippen molar-refractivity contribution in [2.75, 3.05) is 36.5 Å². The summed E-state index contributed by atoms with van der Waals surface area (Å²) in [6.45, 7) is 2.99. The first kappa shape index (κ1) is 20.7. The molecule has 5 rings (SSSR count). The van der Waals surface area contributed by atoms with Crippen molar-refractivity contribution in [1.82, 2.24) is 4.98 Å². The number of ether oxygens (including phenoxy) is 1. The van der Waals surface area contributed by atoms with Gasteiger partial charge in [-0.05, 0) is 36.4 Å². The fraction of sp³-hybridized carbons (Fsp3) is 0.154. The molecule has 0 unspecified atom stereocenters. The smallest absolute Gasteiger partial charge is 0.256 e. The molecule has 4 aromatic rings. The second-order valence-electron chi connectivity index (χ2n) is 7.65. The first-order chi connectivity index (χ1) is 15.7. The topological polar surface area (TPSA) is 54.5 Å². The number of hydrogen-bond acceptors (Lipinski definition) is 4. The Morgan fingerprint density at radius 3 is 2.47 bits per heavy atom. The number of para-hydroxylation sites is 3. The van der Waals surface area contributed by atoms with Gasteiger partial charge < -0.3 is 15.0 Å². The van der Waals surface area contributed by atoms with Crippen LogP contribution in [0.4, 0.5) is 11.4 Å². The number of carbonyl (C=O) groups is 1. The van der Waals surface area contributed by atoms with Crippen LogP contribution in [-0.4, -0.2) is 37.2 Å². The number of anilines is 2. The Bertz CT molecular complexity index is 1270. The van der Waals surface area contributed by atoms with Gasteiger partial charge in [-0.25, -0.2) is 4.98 Å². The van der Waals surface area contributed by atoms with Gasteiger partial charge in [0.05, 0.1) is 41.4 Å². The van der Waals surface area contributed by atoms with Gasteiger partial charge in [0, 0.05) is 28.5 Å². The van der Waals surface area contributed by atoms with Crippen molar-refractivity contribution in [1.29, 1.82) is 0 Å². The molecule has 0 radical (unpaired) electrons. The molecule has 6 heteroatoms. The summed E-state index contributed by atoms with van der Waals surface area (Å²) in [6.07, 6.45) is 0. The lowest BCUT2D eigenvalue weighted by molar-refractivity contribution is 0.102. The van der Waals surface area contributed by atoms with Crippen molar-refractivity contribution in [2.24, 2.45) is 0 Å². The number of hydrogen-bond donors (Lipinski definition) is 1. The maximum Gasteiger partial charge on any atom is 0.256 e. The van der Waals surface area contributed by atoms with E-state index in [4.69, 9.17) is 9.72 Å². The van der Waals surface area contributed by atoms with Crippen LogP contribution in [0.1, 0.15) is 10.4 Å². The molecule has 1 amide bonds. The highest BCUT2D eigenvalue weighted by Gasteiger charge is 2.18. The number of fused-ring (bicyclic) bond motifs is 1. The third-order valence-electron chi connectivity index (χ3n) is 5.60. The first-order valence-corrected chi connectivity index (χ1v) is 11.4. The van der Waals surface area contributed by atoms with Gasteiger partial charge in [-0.3, -0.25) is 4.79 Å². The van der Waals surface area contributed by atoms with E-state index in [1.165, 1.54) is 0 Å². The molecule has 2 heterocycles. The largest absolute Gasteiger partial charge is 0.378 e. The van der Waals surface area contributed by atoms with Crippen LogP contribution in [0.15, 0.2) is 83.3 Å². The van der Waals surface area contributed by atoms with E-state index >= 15 is 0 Å². The van der Waals surface area contributed by atoms with E-state index in [-0.39, 0.29) is 5.91 Å². The molecule has 1 aliphatic heterocycles. The Morgan fingerprint density at radius 2 is 1.66 bits per heavy atom. The average Bonchev–Trinajstić information content (AvgIpc) is 2.84.